The van der Waals surface area contributed by atoms with Gasteiger partial charge < -0.3 is 14.9 Å². The molecule has 1 fully saturated rings. The number of aliphatic hydroxyl groups is 2. The zero-order valence-electron chi connectivity index (χ0n) is 5.70. The van der Waals surface area contributed by atoms with Crippen molar-refractivity contribution in [3.63, 3.8) is 0 Å². The molecule has 0 aliphatic carbocycles. The number of alkyl halides is 1. The molecular weight excluding hydrogens is 156 g/mol. The fourth-order valence-electron chi connectivity index (χ4n) is 1.06. The summed E-state index contributed by atoms with van der Waals surface area (Å²) in [5, 5.41) is 18.3. The maximum absolute atomic E-state index is 9.17. The van der Waals surface area contributed by atoms with Crippen molar-refractivity contribution in [2.75, 3.05) is 5.88 Å². The van der Waals surface area contributed by atoms with E-state index in [4.69, 9.17) is 26.6 Å². The number of aliphatic hydroxyl groups excluding tert-OH is 2. The zero-order chi connectivity index (χ0) is 7.72. The van der Waals surface area contributed by atoms with Gasteiger partial charge in [-0.3, -0.25) is 0 Å². The first-order valence-electron chi connectivity index (χ1n) is 3.24. The Morgan fingerprint density at radius 2 is 2.00 bits per heavy atom. The van der Waals surface area contributed by atoms with Gasteiger partial charge in [0.05, 0.1) is 18.1 Å². The minimum absolute atomic E-state index is 0.225. The van der Waals surface area contributed by atoms with Gasteiger partial charge in [-0.2, -0.15) is 0 Å². The van der Waals surface area contributed by atoms with Crippen molar-refractivity contribution in [3.8, 4) is 0 Å². The predicted octanol–water partition coefficient (Wildman–Crippen LogP) is -0.266. The normalized spacial score (nSPS) is 48.0. The summed E-state index contributed by atoms with van der Waals surface area (Å²) in [6.07, 6.45) is -2.33. The standard InChI is InChI=1S/C6H11ClO3/c1-3-5(8)6(9)4(2-7)10-3/h3-6,8-9H,2H2,1H3/t3-,4?,5+,6+/m0/s1. The van der Waals surface area contributed by atoms with Crippen LogP contribution in [0.5, 0.6) is 0 Å². The molecule has 0 saturated carbocycles. The van der Waals surface area contributed by atoms with Crippen LogP contribution in [0.15, 0.2) is 0 Å². The Kier molecular flexibility index (Phi) is 2.52. The molecule has 1 aliphatic heterocycles. The molecule has 1 aliphatic rings. The lowest BCUT2D eigenvalue weighted by atomic mass is 10.1. The van der Waals surface area contributed by atoms with Gasteiger partial charge in [-0.25, -0.2) is 0 Å². The molecular formula is C6H11ClO3. The maximum atomic E-state index is 9.17. The van der Waals surface area contributed by atoms with Crippen LogP contribution in [0, 0.1) is 0 Å². The highest BCUT2D eigenvalue weighted by molar-refractivity contribution is 6.18. The van der Waals surface area contributed by atoms with Crippen molar-refractivity contribution in [1.82, 2.24) is 0 Å². The number of rotatable bonds is 1. The molecule has 1 rings (SSSR count). The van der Waals surface area contributed by atoms with Crippen LogP contribution in [-0.4, -0.2) is 40.5 Å². The molecule has 3 nitrogen and oxygen atoms in total. The van der Waals surface area contributed by atoms with E-state index in [1.165, 1.54) is 0 Å². The zero-order valence-corrected chi connectivity index (χ0v) is 6.45. The molecule has 60 valence electrons. The summed E-state index contributed by atoms with van der Waals surface area (Å²) in [6.45, 7) is 1.71. The van der Waals surface area contributed by atoms with E-state index in [0.717, 1.165) is 0 Å². The topological polar surface area (TPSA) is 49.7 Å². The van der Waals surface area contributed by atoms with Crippen LogP contribution in [0.1, 0.15) is 6.92 Å². The van der Waals surface area contributed by atoms with E-state index in [1.54, 1.807) is 6.92 Å². The maximum Gasteiger partial charge on any atom is 0.110 e. The van der Waals surface area contributed by atoms with E-state index in [9.17, 15) is 0 Å². The lowest BCUT2D eigenvalue weighted by Crippen LogP contribution is -2.32. The largest absolute Gasteiger partial charge is 0.388 e. The highest BCUT2D eigenvalue weighted by Crippen LogP contribution is 2.21. The fraction of sp³-hybridized carbons (Fsp3) is 1.00. The second-order valence-electron chi connectivity index (χ2n) is 2.52. The van der Waals surface area contributed by atoms with Crippen LogP contribution in [0.4, 0.5) is 0 Å². The van der Waals surface area contributed by atoms with E-state index >= 15 is 0 Å². The van der Waals surface area contributed by atoms with Crippen molar-refractivity contribution in [2.24, 2.45) is 0 Å². The Morgan fingerprint density at radius 1 is 1.40 bits per heavy atom. The van der Waals surface area contributed by atoms with Crippen LogP contribution in [0.25, 0.3) is 0 Å². The van der Waals surface area contributed by atoms with Crippen LogP contribution in [-0.2, 0) is 4.74 Å². The summed E-state index contributed by atoms with van der Waals surface area (Å²) in [7, 11) is 0. The lowest BCUT2D eigenvalue weighted by Gasteiger charge is -2.10. The Balaban J connectivity index is 2.53. The fourth-order valence-corrected chi connectivity index (χ4v) is 1.32. The first-order valence-corrected chi connectivity index (χ1v) is 3.78. The first-order chi connectivity index (χ1) is 4.66. The summed E-state index contributed by atoms with van der Waals surface area (Å²) in [4.78, 5) is 0. The second-order valence-corrected chi connectivity index (χ2v) is 2.82. The minimum atomic E-state index is -0.826. The second kappa shape index (κ2) is 3.05. The van der Waals surface area contributed by atoms with Crippen molar-refractivity contribution >= 4 is 11.6 Å². The van der Waals surface area contributed by atoms with Crippen LogP contribution < -0.4 is 0 Å². The molecule has 1 unspecified atom stereocenters. The third-order valence-corrected chi connectivity index (χ3v) is 2.06. The quantitative estimate of drug-likeness (QED) is 0.528. The summed E-state index contributed by atoms with van der Waals surface area (Å²) in [5.74, 6) is 0.225. The highest BCUT2D eigenvalue weighted by Gasteiger charge is 2.39. The monoisotopic (exact) mass is 166 g/mol. The third kappa shape index (κ3) is 1.27. The summed E-state index contributed by atoms with van der Waals surface area (Å²) in [5.41, 5.74) is 0. The lowest BCUT2D eigenvalue weighted by molar-refractivity contribution is 0.0297. The Bertz CT molecular complexity index is 120. The molecule has 0 aromatic rings. The van der Waals surface area contributed by atoms with E-state index in [0.29, 0.717) is 0 Å². The average molecular weight is 167 g/mol. The molecule has 10 heavy (non-hydrogen) atoms. The van der Waals surface area contributed by atoms with Gasteiger partial charge in [-0.1, -0.05) is 0 Å². The Morgan fingerprint density at radius 3 is 2.20 bits per heavy atom. The average Bonchev–Trinajstić information content (AvgIpc) is 2.17. The van der Waals surface area contributed by atoms with Crippen LogP contribution >= 0.6 is 11.6 Å². The molecule has 0 bridgehead atoms. The van der Waals surface area contributed by atoms with E-state index in [-0.39, 0.29) is 12.0 Å². The summed E-state index contributed by atoms with van der Waals surface area (Å²) in [6, 6.07) is 0. The number of ether oxygens (including phenoxy) is 1. The molecule has 2 N–H and O–H groups in total. The highest BCUT2D eigenvalue weighted by atomic mass is 35.5. The Labute approximate surface area is 64.6 Å². The molecule has 1 saturated heterocycles. The van der Waals surface area contributed by atoms with E-state index < -0.39 is 18.3 Å². The molecule has 0 amide bonds. The molecule has 0 radical (unpaired) electrons. The van der Waals surface area contributed by atoms with Gasteiger partial charge in [-0.05, 0) is 6.92 Å². The van der Waals surface area contributed by atoms with Gasteiger partial charge in [0, 0.05) is 0 Å². The number of hydrogen-bond donors (Lipinski definition) is 2. The number of halogens is 1. The Hall–Kier alpha value is 0.170. The van der Waals surface area contributed by atoms with Gasteiger partial charge in [0.1, 0.15) is 12.2 Å². The van der Waals surface area contributed by atoms with Crippen LogP contribution in [0.2, 0.25) is 0 Å². The van der Waals surface area contributed by atoms with Gasteiger partial charge in [0.15, 0.2) is 0 Å². The van der Waals surface area contributed by atoms with Gasteiger partial charge in [0.2, 0.25) is 0 Å². The summed E-state index contributed by atoms with van der Waals surface area (Å²) < 4.78 is 5.10. The van der Waals surface area contributed by atoms with Crippen molar-refractivity contribution in [3.05, 3.63) is 0 Å². The van der Waals surface area contributed by atoms with E-state index in [2.05, 4.69) is 0 Å². The third-order valence-electron chi connectivity index (χ3n) is 1.75. The minimum Gasteiger partial charge on any atom is -0.388 e. The number of hydrogen-bond acceptors (Lipinski definition) is 3. The van der Waals surface area contributed by atoms with Crippen LogP contribution in [0.3, 0.4) is 0 Å². The van der Waals surface area contributed by atoms with Gasteiger partial charge in [-0.15, -0.1) is 11.6 Å². The summed E-state index contributed by atoms with van der Waals surface area (Å²) >= 11 is 5.44. The molecule has 4 heteroatoms. The van der Waals surface area contributed by atoms with Crippen molar-refractivity contribution < 1.29 is 14.9 Å². The molecule has 0 aromatic carbocycles. The first kappa shape index (κ1) is 8.27. The SMILES string of the molecule is C[C@@H]1OC(CCl)[C@@H](O)[C@@H]1O. The van der Waals surface area contributed by atoms with Gasteiger partial charge >= 0.3 is 0 Å². The van der Waals surface area contributed by atoms with Gasteiger partial charge in [0.25, 0.3) is 0 Å². The molecule has 0 spiro atoms. The van der Waals surface area contributed by atoms with Crippen molar-refractivity contribution in [1.29, 1.82) is 0 Å². The predicted molar refractivity (Wildman–Crippen MR) is 37.1 cm³/mol. The van der Waals surface area contributed by atoms with E-state index in [1.807, 2.05) is 0 Å². The molecule has 1 heterocycles. The smallest absolute Gasteiger partial charge is 0.110 e. The molecule has 4 atom stereocenters. The van der Waals surface area contributed by atoms with Crippen molar-refractivity contribution in [2.45, 2.75) is 31.3 Å². The molecule has 0 aromatic heterocycles.